The molecule has 23 heavy (non-hydrogen) atoms. The first-order valence-electron chi connectivity index (χ1n) is 7.28. The van der Waals surface area contributed by atoms with Crippen molar-refractivity contribution in [1.82, 2.24) is 14.9 Å². The second-order valence-electron chi connectivity index (χ2n) is 5.69. The third-order valence-corrected chi connectivity index (χ3v) is 3.58. The highest BCUT2D eigenvalue weighted by Crippen LogP contribution is 2.23. The third kappa shape index (κ3) is 4.70. The minimum absolute atomic E-state index is 0.259. The fraction of sp³-hybridized carbons (Fsp3) is 0.643. The highest BCUT2D eigenvalue weighted by molar-refractivity contribution is 5.77. The van der Waals surface area contributed by atoms with E-state index in [-0.39, 0.29) is 13.1 Å². The van der Waals surface area contributed by atoms with Gasteiger partial charge in [0.25, 0.3) is 0 Å². The molecule has 1 aromatic rings. The maximum absolute atomic E-state index is 12.3. The van der Waals surface area contributed by atoms with E-state index in [0.717, 1.165) is 11.6 Å². The van der Waals surface area contributed by atoms with Crippen molar-refractivity contribution in [2.24, 2.45) is 0 Å². The number of hydrogen-bond donors (Lipinski definition) is 0. The van der Waals surface area contributed by atoms with Gasteiger partial charge in [-0.15, -0.1) is 0 Å². The summed E-state index contributed by atoms with van der Waals surface area (Å²) in [6.07, 6.45) is -5.86. The number of carbonyl (C=O) groups excluding carboxylic acids is 1. The Morgan fingerprint density at radius 1 is 1.22 bits per heavy atom. The number of halogens is 3. The second kappa shape index (κ2) is 6.59. The molecule has 0 atom stereocenters. The van der Waals surface area contributed by atoms with Gasteiger partial charge in [-0.05, 0) is 6.92 Å². The van der Waals surface area contributed by atoms with Crippen molar-refractivity contribution >= 4 is 17.5 Å². The number of amides is 1. The Labute approximate surface area is 132 Å². The molecule has 0 saturated carbocycles. The van der Waals surface area contributed by atoms with Crippen LogP contribution in [0.15, 0.2) is 6.07 Å². The van der Waals surface area contributed by atoms with Crippen LogP contribution in [0.1, 0.15) is 12.2 Å². The lowest BCUT2D eigenvalue weighted by atomic mass is 10.2. The van der Waals surface area contributed by atoms with Crippen LogP contribution in [0.5, 0.6) is 0 Å². The fourth-order valence-electron chi connectivity index (χ4n) is 2.40. The number of aryl methyl sites for hydroxylation is 1. The number of piperazine rings is 1. The summed E-state index contributed by atoms with van der Waals surface area (Å²) in [5, 5.41) is 0. The molecule has 0 spiro atoms. The Bertz CT molecular complexity index is 568. The monoisotopic (exact) mass is 331 g/mol. The number of carbonyl (C=O) groups is 1. The summed E-state index contributed by atoms with van der Waals surface area (Å²) >= 11 is 0. The van der Waals surface area contributed by atoms with Gasteiger partial charge in [0.15, 0.2) is 0 Å². The highest BCUT2D eigenvalue weighted by atomic mass is 19.4. The van der Waals surface area contributed by atoms with E-state index >= 15 is 0 Å². The summed E-state index contributed by atoms with van der Waals surface area (Å²) in [6, 6.07) is 1.83. The van der Waals surface area contributed by atoms with Crippen LogP contribution < -0.4 is 9.80 Å². The van der Waals surface area contributed by atoms with Gasteiger partial charge in [0, 0.05) is 46.3 Å². The lowest BCUT2D eigenvalue weighted by molar-refractivity contribution is -0.161. The molecule has 1 saturated heterocycles. The van der Waals surface area contributed by atoms with Crippen LogP contribution in [0, 0.1) is 6.92 Å². The van der Waals surface area contributed by atoms with E-state index in [1.807, 2.05) is 30.0 Å². The van der Waals surface area contributed by atoms with Crippen LogP contribution in [0.3, 0.4) is 0 Å². The quantitative estimate of drug-likeness (QED) is 0.839. The topological polar surface area (TPSA) is 52.6 Å². The highest BCUT2D eigenvalue weighted by Gasteiger charge is 2.34. The molecule has 128 valence electrons. The Morgan fingerprint density at radius 3 is 2.35 bits per heavy atom. The molecule has 0 aromatic carbocycles. The van der Waals surface area contributed by atoms with Crippen molar-refractivity contribution in [3.05, 3.63) is 11.9 Å². The molecular formula is C14H20F3N5O. The number of aromatic nitrogens is 2. The first-order chi connectivity index (χ1) is 10.7. The van der Waals surface area contributed by atoms with Gasteiger partial charge in [-0.2, -0.15) is 13.2 Å². The third-order valence-electron chi connectivity index (χ3n) is 3.58. The minimum Gasteiger partial charge on any atom is -0.363 e. The molecule has 2 heterocycles. The standard InChI is InChI=1S/C14H20F3N5O/c1-10-18-11(20(2)3)8-12(19-10)21-4-6-22(7-5-21)13(23)9-14(15,16)17/h8H,4-7,9H2,1-3H3. The van der Waals surface area contributed by atoms with E-state index in [4.69, 9.17) is 0 Å². The Kier molecular flexibility index (Phi) is 4.96. The van der Waals surface area contributed by atoms with Gasteiger partial charge >= 0.3 is 6.18 Å². The normalized spacial score (nSPS) is 15.7. The molecule has 1 aliphatic rings. The minimum atomic E-state index is -4.46. The molecule has 1 amide bonds. The first kappa shape index (κ1) is 17.3. The maximum Gasteiger partial charge on any atom is 0.397 e. The average molecular weight is 331 g/mol. The second-order valence-corrected chi connectivity index (χ2v) is 5.69. The summed E-state index contributed by atoms with van der Waals surface area (Å²) in [4.78, 5) is 25.4. The van der Waals surface area contributed by atoms with E-state index in [0.29, 0.717) is 18.9 Å². The van der Waals surface area contributed by atoms with E-state index < -0.39 is 18.5 Å². The molecule has 2 rings (SSSR count). The average Bonchev–Trinajstić information content (AvgIpc) is 2.45. The van der Waals surface area contributed by atoms with Crippen molar-refractivity contribution < 1.29 is 18.0 Å². The number of alkyl halides is 3. The predicted octanol–water partition coefficient (Wildman–Crippen LogP) is 1.45. The van der Waals surface area contributed by atoms with E-state index in [9.17, 15) is 18.0 Å². The van der Waals surface area contributed by atoms with Crippen molar-refractivity contribution in [3.63, 3.8) is 0 Å². The van der Waals surface area contributed by atoms with E-state index in [1.165, 1.54) is 4.90 Å². The van der Waals surface area contributed by atoms with Crippen LogP contribution in [-0.2, 0) is 4.79 Å². The predicted molar refractivity (Wildman–Crippen MR) is 80.6 cm³/mol. The fourth-order valence-corrected chi connectivity index (χ4v) is 2.40. The number of rotatable bonds is 3. The van der Waals surface area contributed by atoms with Gasteiger partial charge in [-0.1, -0.05) is 0 Å². The van der Waals surface area contributed by atoms with Gasteiger partial charge in [0.1, 0.15) is 23.9 Å². The van der Waals surface area contributed by atoms with Crippen molar-refractivity contribution in [2.45, 2.75) is 19.5 Å². The van der Waals surface area contributed by atoms with Crippen molar-refractivity contribution in [1.29, 1.82) is 0 Å². The molecule has 0 N–H and O–H groups in total. The molecule has 6 nitrogen and oxygen atoms in total. The number of hydrogen-bond acceptors (Lipinski definition) is 5. The van der Waals surface area contributed by atoms with Gasteiger partial charge in [-0.3, -0.25) is 4.79 Å². The van der Waals surface area contributed by atoms with Gasteiger partial charge < -0.3 is 14.7 Å². The molecule has 0 radical (unpaired) electrons. The van der Waals surface area contributed by atoms with Crippen molar-refractivity contribution in [3.8, 4) is 0 Å². The van der Waals surface area contributed by atoms with E-state index in [2.05, 4.69) is 9.97 Å². The molecule has 1 aromatic heterocycles. The largest absolute Gasteiger partial charge is 0.397 e. The van der Waals surface area contributed by atoms with Crippen LogP contribution in [-0.4, -0.2) is 67.2 Å². The SMILES string of the molecule is Cc1nc(N(C)C)cc(N2CCN(C(=O)CC(F)(F)F)CC2)n1. The molecule has 1 fully saturated rings. The molecule has 0 unspecified atom stereocenters. The molecule has 0 bridgehead atoms. The summed E-state index contributed by atoms with van der Waals surface area (Å²) < 4.78 is 36.9. The van der Waals surface area contributed by atoms with Crippen LogP contribution in [0.4, 0.5) is 24.8 Å². The molecule has 9 heteroatoms. The van der Waals surface area contributed by atoms with Gasteiger partial charge in [-0.25, -0.2) is 9.97 Å². The van der Waals surface area contributed by atoms with Gasteiger partial charge in [0.05, 0.1) is 0 Å². The lowest BCUT2D eigenvalue weighted by Crippen LogP contribution is -2.49. The van der Waals surface area contributed by atoms with Crippen molar-refractivity contribution in [2.75, 3.05) is 50.1 Å². The summed E-state index contributed by atoms with van der Waals surface area (Å²) in [6.45, 7) is 3.21. The number of anilines is 2. The van der Waals surface area contributed by atoms with E-state index in [1.54, 1.807) is 6.92 Å². The first-order valence-corrected chi connectivity index (χ1v) is 7.28. The Balaban J connectivity index is 2.01. The number of nitrogens with zero attached hydrogens (tertiary/aromatic N) is 5. The van der Waals surface area contributed by atoms with Gasteiger partial charge in [0.2, 0.25) is 5.91 Å². The molecular weight excluding hydrogens is 311 g/mol. The molecule has 1 aliphatic heterocycles. The smallest absolute Gasteiger partial charge is 0.363 e. The Hall–Kier alpha value is -2.06. The summed E-state index contributed by atoms with van der Waals surface area (Å²) in [7, 11) is 3.75. The zero-order valence-electron chi connectivity index (χ0n) is 13.4. The molecule has 0 aliphatic carbocycles. The van der Waals surface area contributed by atoms with Crippen LogP contribution in [0.2, 0.25) is 0 Å². The van der Waals surface area contributed by atoms with Crippen LogP contribution >= 0.6 is 0 Å². The summed E-state index contributed by atoms with van der Waals surface area (Å²) in [5.74, 6) is 1.25. The van der Waals surface area contributed by atoms with Crippen LogP contribution in [0.25, 0.3) is 0 Å². The zero-order chi connectivity index (χ0) is 17.2. The maximum atomic E-state index is 12.3. The summed E-state index contributed by atoms with van der Waals surface area (Å²) in [5.41, 5.74) is 0. The lowest BCUT2D eigenvalue weighted by Gasteiger charge is -2.35. The zero-order valence-corrected chi connectivity index (χ0v) is 13.4. The Morgan fingerprint density at radius 2 is 1.83 bits per heavy atom.